The Labute approximate surface area is 195 Å². The van der Waals surface area contributed by atoms with E-state index in [4.69, 9.17) is 16.2 Å². The number of carbonyl (C=O) groups is 1. The molecule has 2 aromatic carbocycles. The second-order valence-corrected chi connectivity index (χ2v) is 8.41. The molecule has 0 spiro atoms. The molecule has 2 unspecified atom stereocenters. The molecule has 0 heterocycles. The van der Waals surface area contributed by atoms with Crippen molar-refractivity contribution in [3.8, 4) is 6.07 Å². The zero-order valence-corrected chi connectivity index (χ0v) is 19.3. The number of nitrogens with two attached hydrogens (primary N) is 2. The van der Waals surface area contributed by atoms with Crippen LogP contribution in [0.15, 0.2) is 60.7 Å². The lowest BCUT2D eigenvalue weighted by Gasteiger charge is -2.29. The smallest absolute Gasteiger partial charge is 0.239 e. The Morgan fingerprint density at radius 2 is 1.76 bits per heavy atom. The highest BCUT2D eigenvalue weighted by molar-refractivity contribution is 5.85. The van der Waals surface area contributed by atoms with Gasteiger partial charge in [-0.15, -0.1) is 0 Å². The van der Waals surface area contributed by atoms with E-state index in [-0.39, 0.29) is 18.4 Å². The van der Waals surface area contributed by atoms with E-state index in [9.17, 15) is 10.1 Å². The molecule has 0 bridgehead atoms. The molecule has 0 aliphatic heterocycles. The molecular formula is C24H35N7O2. The molecule has 2 aromatic rings. The van der Waals surface area contributed by atoms with Crippen LogP contribution in [-0.2, 0) is 16.1 Å². The first-order valence-electron chi connectivity index (χ1n) is 11.0. The normalized spacial score (nSPS) is 14.2. The molecule has 8 N–H and O–H groups in total. The lowest BCUT2D eigenvalue weighted by molar-refractivity contribution is -0.126. The van der Waals surface area contributed by atoms with Crippen LogP contribution < -0.4 is 33.2 Å². The van der Waals surface area contributed by atoms with Crippen molar-refractivity contribution >= 4 is 5.91 Å². The van der Waals surface area contributed by atoms with E-state index in [1.807, 2.05) is 60.7 Å². The number of nitrogens with zero attached hydrogens (tertiary/aromatic N) is 1. The molecule has 3 atom stereocenters. The minimum atomic E-state index is -1.05. The Hall–Kier alpha value is -2.84. The third-order valence-corrected chi connectivity index (χ3v) is 4.99. The lowest BCUT2D eigenvalue weighted by Crippen LogP contribution is -2.64. The number of hydrazine groups is 2. The summed E-state index contributed by atoms with van der Waals surface area (Å²) in [5, 5.41) is 12.3. The van der Waals surface area contributed by atoms with Crippen LogP contribution in [0.4, 0.5) is 0 Å². The predicted octanol–water partition coefficient (Wildman–Crippen LogP) is 1.01. The lowest BCUT2D eigenvalue weighted by atomic mass is 9.97. The minimum absolute atomic E-state index is 0.192. The second-order valence-electron chi connectivity index (χ2n) is 8.41. The van der Waals surface area contributed by atoms with Crippen LogP contribution in [0, 0.1) is 11.3 Å². The molecule has 9 heteroatoms. The van der Waals surface area contributed by atoms with E-state index in [2.05, 4.69) is 27.8 Å². The maximum atomic E-state index is 12.4. The van der Waals surface area contributed by atoms with Gasteiger partial charge in [0.25, 0.3) is 0 Å². The van der Waals surface area contributed by atoms with E-state index in [1.165, 1.54) is 0 Å². The van der Waals surface area contributed by atoms with Crippen LogP contribution in [0.3, 0.4) is 0 Å². The van der Waals surface area contributed by atoms with E-state index in [0.717, 1.165) is 11.1 Å². The third-order valence-electron chi connectivity index (χ3n) is 4.99. The minimum Gasteiger partial charge on any atom is -0.375 e. The summed E-state index contributed by atoms with van der Waals surface area (Å²) in [6.45, 7) is 4.37. The maximum absolute atomic E-state index is 12.4. The van der Waals surface area contributed by atoms with Crippen LogP contribution in [0.1, 0.15) is 37.3 Å². The summed E-state index contributed by atoms with van der Waals surface area (Å²) < 4.78 is 5.78. The molecular weight excluding hydrogens is 418 g/mol. The summed E-state index contributed by atoms with van der Waals surface area (Å²) in [5.74, 6) is -0.542. The monoisotopic (exact) mass is 453 g/mol. The average Bonchev–Trinajstić information content (AvgIpc) is 2.81. The number of amides is 1. The van der Waals surface area contributed by atoms with Crippen LogP contribution in [0.5, 0.6) is 0 Å². The Bertz CT molecular complexity index is 866. The summed E-state index contributed by atoms with van der Waals surface area (Å²) >= 11 is 0. The van der Waals surface area contributed by atoms with Crippen molar-refractivity contribution in [3.05, 3.63) is 71.8 Å². The second kappa shape index (κ2) is 13.6. The highest BCUT2D eigenvalue weighted by Crippen LogP contribution is 2.17. The third kappa shape index (κ3) is 9.67. The number of carbonyl (C=O) groups excluding carboxylic acids is 1. The summed E-state index contributed by atoms with van der Waals surface area (Å²) in [6, 6.07) is 21.2. The van der Waals surface area contributed by atoms with Crippen molar-refractivity contribution in [1.29, 1.82) is 5.26 Å². The maximum Gasteiger partial charge on any atom is 0.239 e. The SMILES string of the molecule is CC(C)(N)C(=O)N[C@H](COCc1ccccc1)C(N)NNNCCC(C#N)c1ccccc1. The fourth-order valence-corrected chi connectivity index (χ4v) is 2.97. The summed E-state index contributed by atoms with van der Waals surface area (Å²) in [4.78, 5) is 12.4. The number of ether oxygens (including phenoxy) is 1. The zero-order valence-electron chi connectivity index (χ0n) is 19.3. The molecule has 0 aliphatic rings. The molecule has 0 radical (unpaired) electrons. The van der Waals surface area contributed by atoms with Gasteiger partial charge in [-0.05, 0) is 31.4 Å². The van der Waals surface area contributed by atoms with Crippen molar-refractivity contribution in [1.82, 2.24) is 21.7 Å². The number of nitriles is 1. The fraction of sp³-hybridized carbons (Fsp3) is 0.417. The fourth-order valence-electron chi connectivity index (χ4n) is 2.97. The van der Waals surface area contributed by atoms with Crippen molar-refractivity contribution in [2.75, 3.05) is 13.2 Å². The van der Waals surface area contributed by atoms with E-state index >= 15 is 0 Å². The molecule has 0 aliphatic carbocycles. The van der Waals surface area contributed by atoms with E-state index < -0.39 is 17.7 Å². The predicted molar refractivity (Wildman–Crippen MR) is 128 cm³/mol. The molecule has 0 fully saturated rings. The topological polar surface area (TPSA) is 150 Å². The molecule has 0 saturated carbocycles. The van der Waals surface area contributed by atoms with Gasteiger partial charge in [0.2, 0.25) is 5.91 Å². The summed E-state index contributed by atoms with van der Waals surface area (Å²) in [5.41, 5.74) is 21.9. The summed E-state index contributed by atoms with van der Waals surface area (Å²) in [6.07, 6.45) is -0.0490. The first kappa shape index (κ1) is 26.4. The number of rotatable bonds is 14. The highest BCUT2D eigenvalue weighted by Gasteiger charge is 2.27. The Morgan fingerprint density at radius 3 is 2.36 bits per heavy atom. The molecule has 33 heavy (non-hydrogen) atoms. The molecule has 2 rings (SSSR count). The number of nitrogens with one attached hydrogen (secondary N) is 4. The van der Waals surface area contributed by atoms with Crippen LogP contribution >= 0.6 is 0 Å². The van der Waals surface area contributed by atoms with Gasteiger partial charge in [-0.2, -0.15) is 10.8 Å². The van der Waals surface area contributed by atoms with Gasteiger partial charge in [-0.25, -0.2) is 10.9 Å². The first-order valence-corrected chi connectivity index (χ1v) is 11.0. The van der Waals surface area contributed by atoms with Crippen LogP contribution in [0.2, 0.25) is 0 Å². The van der Waals surface area contributed by atoms with Gasteiger partial charge in [-0.1, -0.05) is 60.7 Å². The van der Waals surface area contributed by atoms with Gasteiger partial charge < -0.3 is 21.5 Å². The Balaban J connectivity index is 1.81. The van der Waals surface area contributed by atoms with E-state index in [1.54, 1.807) is 13.8 Å². The molecule has 178 valence electrons. The number of hydrogen-bond acceptors (Lipinski definition) is 8. The van der Waals surface area contributed by atoms with Crippen molar-refractivity contribution in [2.45, 2.75) is 50.5 Å². The van der Waals surface area contributed by atoms with Crippen molar-refractivity contribution in [3.63, 3.8) is 0 Å². The van der Waals surface area contributed by atoms with Crippen molar-refractivity contribution < 1.29 is 9.53 Å². The van der Waals surface area contributed by atoms with Gasteiger partial charge in [0, 0.05) is 6.54 Å². The van der Waals surface area contributed by atoms with Crippen LogP contribution in [0.25, 0.3) is 0 Å². The zero-order chi connectivity index (χ0) is 24.1. The largest absolute Gasteiger partial charge is 0.375 e. The quantitative estimate of drug-likeness (QED) is 0.141. The number of benzene rings is 2. The highest BCUT2D eigenvalue weighted by atomic mass is 16.5. The van der Waals surface area contributed by atoms with Gasteiger partial charge in [0.15, 0.2) is 0 Å². The summed E-state index contributed by atoms with van der Waals surface area (Å²) in [7, 11) is 0. The molecule has 0 saturated heterocycles. The average molecular weight is 454 g/mol. The standard InChI is InChI=1S/C24H35N7O2/c1-24(2,27)23(32)29-21(17-33-16-18-9-5-3-6-10-18)22(26)30-31-28-14-13-20(15-25)19-11-7-4-8-12-19/h3-12,20-22,28,30-31H,13-14,16-17,26-27H2,1-2H3,(H,29,32)/t20?,21-,22?/m1/s1. The van der Waals surface area contributed by atoms with Gasteiger partial charge in [-0.3, -0.25) is 4.79 Å². The molecule has 1 amide bonds. The van der Waals surface area contributed by atoms with Gasteiger partial charge in [0.05, 0.1) is 42.9 Å². The molecule has 0 aromatic heterocycles. The van der Waals surface area contributed by atoms with Crippen LogP contribution in [-0.4, -0.2) is 36.8 Å². The van der Waals surface area contributed by atoms with Crippen molar-refractivity contribution in [2.24, 2.45) is 11.5 Å². The van der Waals surface area contributed by atoms with Gasteiger partial charge >= 0.3 is 0 Å². The molecule has 9 nitrogen and oxygen atoms in total. The van der Waals surface area contributed by atoms with Gasteiger partial charge in [0.1, 0.15) is 0 Å². The first-order chi connectivity index (χ1) is 15.8. The Kier molecular flexibility index (Phi) is 10.9. The Morgan fingerprint density at radius 1 is 1.12 bits per heavy atom. The van der Waals surface area contributed by atoms with E-state index in [0.29, 0.717) is 19.6 Å². The number of hydrogen-bond donors (Lipinski definition) is 6.